The van der Waals surface area contributed by atoms with Crippen LogP contribution in [0.2, 0.25) is 0 Å². The van der Waals surface area contributed by atoms with Crippen LogP contribution in [0.4, 0.5) is 0 Å². The minimum absolute atomic E-state index is 0.0284. The number of esters is 1. The summed E-state index contributed by atoms with van der Waals surface area (Å²) in [5.41, 5.74) is -0.291. The van der Waals surface area contributed by atoms with Gasteiger partial charge in [-0.15, -0.1) is 0 Å². The van der Waals surface area contributed by atoms with E-state index in [1.807, 2.05) is 6.92 Å². The lowest BCUT2D eigenvalue weighted by atomic mass is 9.68. The van der Waals surface area contributed by atoms with Gasteiger partial charge in [0.1, 0.15) is 6.10 Å². The first kappa shape index (κ1) is 13.4. The van der Waals surface area contributed by atoms with E-state index >= 15 is 0 Å². The van der Waals surface area contributed by atoms with Gasteiger partial charge < -0.3 is 14.9 Å². The van der Waals surface area contributed by atoms with Crippen LogP contribution in [0, 0.1) is 29.1 Å². The number of carbonyl (C=O) groups is 1. The lowest BCUT2D eigenvalue weighted by Gasteiger charge is -2.37. The molecule has 2 saturated carbocycles. The molecule has 0 spiro atoms. The van der Waals surface area contributed by atoms with Crippen LogP contribution in [0.5, 0.6) is 0 Å². The second-order valence-electron chi connectivity index (χ2n) is 7.20. The van der Waals surface area contributed by atoms with Crippen molar-refractivity contribution in [1.82, 2.24) is 0 Å². The molecule has 1 heterocycles. The highest BCUT2D eigenvalue weighted by molar-refractivity contribution is 5.74. The summed E-state index contributed by atoms with van der Waals surface area (Å²) < 4.78 is 5.51. The molecule has 5 unspecified atom stereocenters. The maximum Gasteiger partial charge on any atom is 0.309 e. The first-order valence-corrected chi connectivity index (χ1v) is 7.41. The quantitative estimate of drug-likeness (QED) is 0.651. The number of rotatable bonds is 0. The van der Waals surface area contributed by atoms with Crippen LogP contribution in [-0.4, -0.2) is 34.5 Å². The molecule has 108 valence electrons. The van der Waals surface area contributed by atoms with Gasteiger partial charge in [0.25, 0.3) is 0 Å². The minimum atomic E-state index is -0.475. The molecule has 3 fully saturated rings. The molecule has 1 saturated heterocycles. The highest BCUT2D eigenvalue weighted by atomic mass is 16.6. The Balaban J connectivity index is 1.96. The summed E-state index contributed by atoms with van der Waals surface area (Å²) in [7, 11) is 0. The smallest absolute Gasteiger partial charge is 0.309 e. The van der Waals surface area contributed by atoms with Gasteiger partial charge in [-0.1, -0.05) is 20.8 Å². The second kappa shape index (κ2) is 4.19. The Kier molecular flexibility index (Phi) is 2.95. The summed E-state index contributed by atoms with van der Waals surface area (Å²) in [5.74, 6) is 0.379. The Labute approximate surface area is 114 Å². The normalized spacial score (nSPS) is 57.3. The van der Waals surface area contributed by atoms with Crippen LogP contribution < -0.4 is 0 Å². The van der Waals surface area contributed by atoms with Gasteiger partial charge >= 0.3 is 5.97 Å². The molecule has 0 amide bonds. The summed E-state index contributed by atoms with van der Waals surface area (Å²) in [6, 6.07) is 0. The first-order chi connectivity index (χ1) is 8.84. The zero-order valence-corrected chi connectivity index (χ0v) is 11.9. The molecule has 0 aromatic rings. The highest BCUT2D eigenvalue weighted by Crippen LogP contribution is 2.57. The molecule has 1 aliphatic heterocycles. The highest BCUT2D eigenvalue weighted by Gasteiger charge is 2.59. The van der Waals surface area contributed by atoms with Gasteiger partial charge in [-0.05, 0) is 30.1 Å². The fourth-order valence-corrected chi connectivity index (χ4v) is 5.00. The molecular weight excluding hydrogens is 244 g/mol. The van der Waals surface area contributed by atoms with Crippen LogP contribution >= 0.6 is 0 Å². The fraction of sp³-hybridized carbons (Fsp3) is 0.933. The molecule has 8 atom stereocenters. The second-order valence-corrected chi connectivity index (χ2v) is 7.20. The van der Waals surface area contributed by atoms with Gasteiger partial charge in [-0.2, -0.15) is 0 Å². The average molecular weight is 268 g/mol. The van der Waals surface area contributed by atoms with Crippen LogP contribution in [0.3, 0.4) is 0 Å². The summed E-state index contributed by atoms with van der Waals surface area (Å²) >= 11 is 0. The molecule has 19 heavy (non-hydrogen) atoms. The van der Waals surface area contributed by atoms with E-state index in [9.17, 15) is 15.0 Å². The van der Waals surface area contributed by atoms with Crippen molar-refractivity contribution in [3.63, 3.8) is 0 Å². The van der Waals surface area contributed by atoms with Crippen molar-refractivity contribution in [2.45, 2.75) is 58.3 Å². The minimum Gasteiger partial charge on any atom is -0.462 e. The Bertz CT molecular complexity index is 396. The molecule has 0 aromatic heterocycles. The fourth-order valence-electron chi connectivity index (χ4n) is 5.00. The molecule has 3 rings (SSSR count). The van der Waals surface area contributed by atoms with Gasteiger partial charge in [0.05, 0.1) is 18.1 Å². The van der Waals surface area contributed by atoms with Crippen molar-refractivity contribution in [2.24, 2.45) is 29.1 Å². The Morgan fingerprint density at radius 2 is 1.95 bits per heavy atom. The van der Waals surface area contributed by atoms with Gasteiger partial charge in [0, 0.05) is 12.3 Å². The van der Waals surface area contributed by atoms with E-state index in [0.717, 1.165) is 12.8 Å². The van der Waals surface area contributed by atoms with Gasteiger partial charge in [0.2, 0.25) is 0 Å². The molecule has 3 aliphatic rings. The van der Waals surface area contributed by atoms with E-state index in [1.165, 1.54) is 0 Å². The molecule has 4 nitrogen and oxygen atoms in total. The van der Waals surface area contributed by atoms with E-state index in [4.69, 9.17) is 4.74 Å². The largest absolute Gasteiger partial charge is 0.462 e. The zero-order valence-electron chi connectivity index (χ0n) is 11.9. The van der Waals surface area contributed by atoms with Crippen molar-refractivity contribution in [3.8, 4) is 0 Å². The van der Waals surface area contributed by atoms with Gasteiger partial charge in [-0.3, -0.25) is 4.79 Å². The molecule has 0 aromatic carbocycles. The van der Waals surface area contributed by atoms with Crippen molar-refractivity contribution in [1.29, 1.82) is 0 Å². The van der Waals surface area contributed by atoms with Crippen molar-refractivity contribution in [3.05, 3.63) is 0 Å². The first-order valence-electron chi connectivity index (χ1n) is 7.41. The van der Waals surface area contributed by atoms with Crippen molar-refractivity contribution >= 4 is 5.97 Å². The standard InChI is InChI=1S/C15H24O4/c1-7-4-11-9(8(2)14(18)19-11)6-15(3)12(17)5-10(16)13(7)15/h7-13,16-17H,4-6H2,1-3H3/t7?,8?,9-,10?,11+,12?,13?,15-/m1/s1. The Morgan fingerprint density at radius 1 is 1.26 bits per heavy atom. The average Bonchev–Trinajstić information content (AvgIpc) is 2.63. The van der Waals surface area contributed by atoms with Crippen LogP contribution in [0.15, 0.2) is 0 Å². The summed E-state index contributed by atoms with van der Waals surface area (Å²) in [6.07, 6.45) is 1.12. The third-order valence-corrected chi connectivity index (χ3v) is 6.05. The maximum absolute atomic E-state index is 11.8. The summed E-state index contributed by atoms with van der Waals surface area (Å²) in [4.78, 5) is 11.8. The SMILES string of the molecule is CC1C[C@@H]2OC(=O)C(C)[C@H]2C[C@]2(C)C(O)CC(O)C12. The predicted molar refractivity (Wildman–Crippen MR) is 69.2 cm³/mol. The number of fused-ring (bicyclic) bond motifs is 2. The topological polar surface area (TPSA) is 66.8 Å². The number of ether oxygens (including phenoxy) is 1. The molecule has 0 radical (unpaired) electrons. The monoisotopic (exact) mass is 268 g/mol. The summed E-state index contributed by atoms with van der Waals surface area (Å²) in [5, 5.41) is 20.7. The third-order valence-electron chi connectivity index (χ3n) is 6.05. The van der Waals surface area contributed by atoms with Gasteiger partial charge in [-0.25, -0.2) is 0 Å². The lowest BCUT2D eigenvalue weighted by Crippen LogP contribution is -2.38. The number of hydrogen-bond acceptors (Lipinski definition) is 4. The molecular formula is C15H24O4. The van der Waals surface area contributed by atoms with E-state index in [0.29, 0.717) is 6.42 Å². The van der Waals surface area contributed by atoms with Crippen LogP contribution in [-0.2, 0) is 9.53 Å². The molecule has 0 bridgehead atoms. The lowest BCUT2D eigenvalue weighted by molar-refractivity contribution is -0.144. The number of aliphatic hydroxyl groups excluding tert-OH is 2. The summed E-state index contributed by atoms with van der Waals surface area (Å²) in [6.45, 7) is 6.12. The van der Waals surface area contributed by atoms with Crippen molar-refractivity contribution in [2.75, 3.05) is 0 Å². The van der Waals surface area contributed by atoms with Gasteiger partial charge in [0.15, 0.2) is 0 Å². The number of aliphatic hydroxyl groups is 2. The van der Waals surface area contributed by atoms with E-state index in [-0.39, 0.29) is 41.2 Å². The van der Waals surface area contributed by atoms with E-state index < -0.39 is 12.2 Å². The van der Waals surface area contributed by atoms with Crippen LogP contribution in [0.1, 0.15) is 40.0 Å². The zero-order chi connectivity index (χ0) is 13.9. The predicted octanol–water partition coefficient (Wildman–Crippen LogP) is 1.34. The number of carbonyl (C=O) groups excluding carboxylic acids is 1. The van der Waals surface area contributed by atoms with E-state index in [1.54, 1.807) is 0 Å². The van der Waals surface area contributed by atoms with Crippen LogP contribution in [0.25, 0.3) is 0 Å². The third kappa shape index (κ3) is 1.76. The maximum atomic E-state index is 11.8. The van der Waals surface area contributed by atoms with Crippen molar-refractivity contribution < 1.29 is 19.7 Å². The Hall–Kier alpha value is -0.610. The van der Waals surface area contributed by atoms with E-state index in [2.05, 4.69) is 13.8 Å². The molecule has 2 aliphatic carbocycles. The molecule has 4 heteroatoms. The molecule has 2 N–H and O–H groups in total. The number of hydrogen-bond donors (Lipinski definition) is 2. The Morgan fingerprint density at radius 3 is 2.63 bits per heavy atom.